The first kappa shape index (κ1) is 32.6. The molecule has 0 fully saturated rings. The molecule has 1 aromatic heterocycles. The first-order valence-electron chi connectivity index (χ1n) is 19.9. The number of nitrogens with zero attached hydrogens (tertiary/aromatic N) is 2. The van der Waals surface area contributed by atoms with Gasteiger partial charge in [0.15, 0.2) is 0 Å². The molecule has 12 rings (SSSR count). The zero-order valence-corrected chi connectivity index (χ0v) is 31.6. The molecule has 0 aliphatic heterocycles. The molecule has 272 valence electrons. The fraction of sp³-hybridized carbons (Fsp3) is 0.0182. The van der Waals surface area contributed by atoms with Gasteiger partial charge in [0.25, 0.3) is 0 Å². The Kier molecular flexibility index (Phi) is 7.14. The first-order chi connectivity index (χ1) is 28.8. The van der Waals surface area contributed by atoms with E-state index < -0.39 is 5.41 Å². The van der Waals surface area contributed by atoms with Crippen molar-refractivity contribution in [2.75, 3.05) is 9.80 Å². The second-order valence-corrected chi connectivity index (χ2v) is 15.2. The van der Waals surface area contributed by atoms with Crippen molar-refractivity contribution in [1.29, 1.82) is 0 Å². The summed E-state index contributed by atoms with van der Waals surface area (Å²) in [6.07, 6.45) is 0. The molecule has 9 aromatic carbocycles. The zero-order valence-electron chi connectivity index (χ0n) is 31.6. The molecule has 10 aromatic rings. The van der Waals surface area contributed by atoms with E-state index in [-0.39, 0.29) is 0 Å². The van der Waals surface area contributed by atoms with Gasteiger partial charge in [-0.05, 0) is 112 Å². The highest BCUT2D eigenvalue weighted by Crippen LogP contribution is 2.65. The van der Waals surface area contributed by atoms with Crippen LogP contribution in [0.15, 0.2) is 223 Å². The topological polar surface area (TPSA) is 19.6 Å². The van der Waals surface area contributed by atoms with Crippen LogP contribution in [-0.2, 0) is 5.41 Å². The Balaban J connectivity index is 1.16. The van der Waals surface area contributed by atoms with Crippen LogP contribution in [0.2, 0.25) is 0 Å². The number of rotatable bonds is 6. The summed E-state index contributed by atoms with van der Waals surface area (Å²) in [5, 5.41) is 2.20. The van der Waals surface area contributed by atoms with Crippen LogP contribution in [0.25, 0.3) is 44.2 Å². The Hall–Kier alpha value is -7.62. The molecule has 2 aliphatic rings. The number of fused-ring (bicyclic) bond motifs is 13. The molecule has 1 heterocycles. The Morgan fingerprint density at radius 1 is 0.328 bits per heavy atom. The summed E-state index contributed by atoms with van der Waals surface area (Å²) < 4.78 is 6.48. The van der Waals surface area contributed by atoms with E-state index in [2.05, 4.69) is 222 Å². The average Bonchev–Trinajstić information content (AvgIpc) is 3.92. The van der Waals surface area contributed by atoms with E-state index in [0.717, 1.165) is 56.1 Å². The highest BCUT2D eigenvalue weighted by Gasteiger charge is 2.52. The van der Waals surface area contributed by atoms with Gasteiger partial charge in [-0.1, -0.05) is 146 Å². The molecule has 0 N–H and O–H groups in total. The maximum atomic E-state index is 6.48. The molecule has 0 amide bonds. The summed E-state index contributed by atoms with van der Waals surface area (Å²) in [6, 6.07) is 79.2. The lowest BCUT2D eigenvalue weighted by Crippen LogP contribution is -2.26. The molecular formula is C55H36N2O. The van der Waals surface area contributed by atoms with Gasteiger partial charge >= 0.3 is 0 Å². The Labute approximate surface area is 337 Å². The van der Waals surface area contributed by atoms with Crippen LogP contribution < -0.4 is 9.80 Å². The third-order valence-electron chi connectivity index (χ3n) is 12.2. The van der Waals surface area contributed by atoms with Gasteiger partial charge in [0.2, 0.25) is 0 Å². The Morgan fingerprint density at radius 3 is 1.57 bits per heavy atom. The minimum atomic E-state index is -0.556. The lowest BCUT2D eigenvalue weighted by molar-refractivity contribution is 0.669. The van der Waals surface area contributed by atoms with Crippen LogP contribution in [0.1, 0.15) is 22.3 Å². The molecule has 1 atom stereocenters. The lowest BCUT2D eigenvalue weighted by atomic mass is 9.70. The van der Waals surface area contributed by atoms with Gasteiger partial charge in [0, 0.05) is 33.7 Å². The van der Waals surface area contributed by atoms with E-state index in [0.29, 0.717) is 0 Å². The fourth-order valence-corrected chi connectivity index (χ4v) is 10.0. The molecular weight excluding hydrogens is 705 g/mol. The van der Waals surface area contributed by atoms with Crippen LogP contribution in [0.4, 0.5) is 34.1 Å². The van der Waals surface area contributed by atoms with E-state index in [1.54, 1.807) is 0 Å². The molecule has 1 unspecified atom stereocenters. The third-order valence-corrected chi connectivity index (χ3v) is 12.2. The number of hydrogen-bond acceptors (Lipinski definition) is 3. The summed E-state index contributed by atoms with van der Waals surface area (Å²) in [6.45, 7) is 0. The molecule has 0 saturated heterocycles. The van der Waals surface area contributed by atoms with Crippen LogP contribution in [0, 0.1) is 0 Å². The van der Waals surface area contributed by atoms with Crippen LogP contribution in [0.5, 0.6) is 0 Å². The smallest absolute Gasteiger partial charge is 0.137 e. The normalized spacial score (nSPS) is 14.6. The third kappa shape index (κ3) is 4.56. The average molecular weight is 741 g/mol. The van der Waals surface area contributed by atoms with E-state index in [1.807, 2.05) is 6.07 Å². The summed E-state index contributed by atoms with van der Waals surface area (Å²) in [5.74, 6) is 0. The SMILES string of the molecule is c1ccc(N(c2ccccc2)c2ccc3c(c2)C2(c4ccccc4-3)c3ccccc3-c3c(N(c4ccccc4)c4cccc5oc6ccccc6c45)cccc32)cc1. The molecule has 3 heteroatoms. The fourth-order valence-electron chi connectivity index (χ4n) is 10.0. The summed E-state index contributed by atoms with van der Waals surface area (Å²) in [7, 11) is 0. The van der Waals surface area contributed by atoms with E-state index >= 15 is 0 Å². The molecule has 0 bridgehead atoms. The highest BCUT2D eigenvalue weighted by atomic mass is 16.3. The van der Waals surface area contributed by atoms with Gasteiger partial charge in [-0.25, -0.2) is 0 Å². The second-order valence-electron chi connectivity index (χ2n) is 15.2. The summed E-state index contributed by atoms with van der Waals surface area (Å²) in [4.78, 5) is 4.83. The predicted molar refractivity (Wildman–Crippen MR) is 239 cm³/mol. The molecule has 58 heavy (non-hydrogen) atoms. The number of benzene rings is 9. The maximum absolute atomic E-state index is 6.48. The molecule has 0 radical (unpaired) electrons. The van der Waals surface area contributed by atoms with Crippen molar-refractivity contribution in [1.82, 2.24) is 0 Å². The first-order valence-corrected chi connectivity index (χ1v) is 19.9. The van der Waals surface area contributed by atoms with Gasteiger partial charge in [-0.15, -0.1) is 0 Å². The van der Waals surface area contributed by atoms with Gasteiger partial charge in [-0.3, -0.25) is 0 Å². The molecule has 1 spiro atoms. The summed E-state index contributed by atoms with van der Waals surface area (Å²) >= 11 is 0. The van der Waals surface area contributed by atoms with Crippen molar-refractivity contribution in [2.24, 2.45) is 0 Å². The number of hydrogen-bond donors (Lipinski definition) is 0. The van der Waals surface area contributed by atoms with Crippen LogP contribution in [-0.4, -0.2) is 0 Å². The predicted octanol–water partition coefficient (Wildman–Crippen LogP) is 14.9. The monoisotopic (exact) mass is 740 g/mol. The molecule has 3 nitrogen and oxygen atoms in total. The quantitative estimate of drug-likeness (QED) is 0.169. The number of para-hydroxylation sites is 4. The van der Waals surface area contributed by atoms with Crippen molar-refractivity contribution in [3.63, 3.8) is 0 Å². The van der Waals surface area contributed by atoms with Crippen molar-refractivity contribution in [3.05, 3.63) is 241 Å². The van der Waals surface area contributed by atoms with Crippen molar-refractivity contribution < 1.29 is 4.42 Å². The van der Waals surface area contributed by atoms with Gasteiger partial charge in [-0.2, -0.15) is 0 Å². The highest BCUT2D eigenvalue weighted by molar-refractivity contribution is 6.14. The minimum absolute atomic E-state index is 0.556. The molecule has 0 saturated carbocycles. The van der Waals surface area contributed by atoms with Gasteiger partial charge < -0.3 is 14.2 Å². The van der Waals surface area contributed by atoms with Gasteiger partial charge in [0.1, 0.15) is 11.2 Å². The lowest BCUT2D eigenvalue weighted by Gasteiger charge is -2.33. The summed E-state index contributed by atoms with van der Waals surface area (Å²) in [5.41, 5.74) is 18.1. The Morgan fingerprint density at radius 2 is 0.845 bits per heavy atom. The number of anilines is 6. The van der Waals surface area contributed by atoms with Crippen LogP contribution >= 0.6 is 0 Å². The number of furan rings is 1. The van der Waals surface area contributed by atoms with Crippen LogP contribution in [0.3, 0.4) is 0 Å². The standard InChI is InChI=1S/C55H36N2O/c1-4-18-37(19-5-1)56(38-20-6-2-7-21-38)40-34-35-42-41-24-10-13-27-45(41)55(48(42)36-40)46-28-14-11-25-43(46)53-47(55)29-16-30-49(53)57(39-22-8-3-9-23-39)50-31-17-33-52-54(50)44-26-12-15-32-51(44)58-52/h1-36H. The van der Waals surface area contributed by atoms with E-state index in [1.165, 1.54) is 44.5 Å². The van der Waals surface area contributed by atoms with Crippen molar-refractivity contribution in [2.45, 2.75) is 5.41 Å². The van der Waals surface area contributed by atoms with E-state index in [9.17, 15) is 0 Å². The van der Waals surface area contributed by atoms with Crippen molar-refractivity contribution >= 4 is 56.1 Å². The minimum Gasteiger partial charge on any atom is -0.456 e. The zero-order chi connectivity index (χ0) is 38.2. The largest absolute Gasteiger partial charge is 0.456 e. The van der Waals surface area contributed by atoms with Crippen molar-refractivity contribution in [3.8, 4) is 22.3 Å². The maximum Gasteiger partial charge on any atom is 0.137 e. The Bertz CT molecular complexity index is 3150. The second kappa shape index (κ2) is 12.7. The van der Waals surface area contributed by atoms with Gasteiger partial charge in [0.05, 0.1) is 22.2 Å². The van der Waals surface area contributed by atoms with E-state index in [4.69, 9.17) is 4.42 Å². The molecule has 2 aliphatic carbocycles.